The Morgan fingerprint density at radius 1 is 1.08 bits per heavy atom. The van der Waals surface area contributed by atoms with Crippen LogP contribution in [0.2, 0.25) is 5.02 Å². The SMILES string of the molecule is CC[C@@H](F)c1cc(N2CCN(C)CC2)cc(-c2ccccc2CF)c1Cl. The minimum Gasteiger partial charge on any atom is -0.369 e. The lowest BCUT2D eigenvalue weighted by Crippen LogP contribution is -2.44. The zero-order chi connectivity index (χ0) is 18.7. The van der Waals surface area contributed by atoms with Gasteiger partial charge in [-0.05, 0) is 36.7 Å². The molecule has 0 amide bonds. The summed E-state index contributed by atoms with van der Waals surface area (Å²) in [5, 5.41) is 0.387. The number of halogens is 3. The Morgan fingerprint density at radius 2 is 1.77 bits per heavy atom. The van der Waals surface area contributed by atoms with E-state index in [4.69, 9.17) is 11.6 Å². The van der Waals surface area contributed by atoms with Gasteiger partial charge in [0.15, 0.2) is 0 Å². The molecule has 140 valence electrons. The molecule has 2 nitrogen and oxygen atoms in total. The van der Waals surface area contributed by atoms with Gasteiger partial charge in [0.05, 0.1) is 5.02 Å². The number of benzene rings is 2. The second-order valence-corrected chi connectivity index (χ2v) is 7.23. The Kier molecular flexibility index (Phi) is 6.15. The molecule has 3 rings (SSSR count). The first kappa shape index (κ1) is 19.1. The second kappa shape index (κ2) is 8.36. The molecule has 0 unspecified atom stereocenters. The van der Waals surface area contributed by atoms with Crippen molar-refractivity contribution in [3.05, 3.63) is 52.5 Å². The van der Waals surface area contributed by atoms with Gasteiger partial charge in [0, 0.05) is 43.0 Å². The molecule has 1 aliphatic rings. The average molecular weight is 379 g/mol. The third-order valence-electron chi connectivity index (χ3n) is 5.10. The van der Waals surface area contributed by atoms with Crippen LogP contribution in [-0.2, 0) is 6.67 Å². The zero-order valence-electron chi connectivity index (χ0n) is 15.3. The summed E-state index contributed by atoms with van der Waals surface area (Å²) in [7, 11) is 2.10. The molecule has 1 saturated heterocycles. The van der Waals surface area contributed by atoms with E-state index in [0.29, 0.717) is 28.1 Å². The van der Waals surface area contributed by atoms with Gasteiger partial charge in [-0.3, -0.25) is 0 Å². The monoisotopic (exact) mass is 378 g/mol. The van der Waals surface area contributed by atoms with Crippen molar-refractivity contribution in [3.8, 4) is 11.1 Å². The summed E-state index contributed by atoms with van der Waals surface area (Å²) >= 11 is 6.59. The fourth-order valence-electron chi connectivity index (χ4n) is 3.42. The number of likely N-dealkylation sites (N-methyl/N-ethyl adjacent to an activating group) is 1. The first-order valence-corrected chi connectivity index (χ1v) is 9.48. The number of nitrogens with zero attached hydrogens (tertiary/aromatic N) is 2. The number of hydrogen-bond acceptors (Lipinski definition) is 2. The van der Waals surface area contributed by atoms with E-state index in [1.54, 1.807) is 13.0 Å². The fourth-order valence-corrected chi connectivity index (χ4v) is 3.75. The minimum atomic E-state index is -1.13. The van der Waals surface area contributed by atoms with Gasteiger partial charge in [-0.2, -0.15) is 0 Å². The van der Waals surface area contributed by atoms with E-state index >= 15 is 0 Å². The summed E-state index contributed by atoms with van der Waals surface area (Å²) in [4.78, 5) is 4.53. The van der Waals surface area contributed by atoms with Gasteiger partial charge in [-0.1, -0.05) is 42.8 Å². The molecule has 0 N–H and O–H groups in total. The van der Waals surface area contributed by atoms with E-state index in [1.165, 1.54) is 0 Å². The topological polar surface area (TPSA) is 6.48 Å². The van der Waals surface area contributed by atoms with Gasteiger partial charge < -0.3 is 9.80 Å². The van der Waals surface area contributed by atoms with E-state index in [1.807, 2.05) is 30.3 Å². The van der Waals surface area contributed by atoms with Crippen molar-refractivity contribution < 1.29 is 8.78 Å². The number of anilines is 1. The smallest absolute Gasteiger partial charge is 0.126 e. The van der Waals surface area contributed by atoms with E-state index in [-0.39, 0.29) is 0 Å². The fraction of sp³-hybridized carbons (Fsp3) is 0.429. The van der Waals surface area contributed by atoms with Crippen LogP contribution in [0.5, 0.6) is 0 Å². The molecule has 2 aromatic rings. The molecule has 5 heteroatoms. The maximum atomic E-state index is 14.6. The van der Waals surface area contributed by atoms with Crippen molar-refractivity contribution in [2.45, 2.75) is 26.2 Å². The highest BCUT2D eigenvalue weighted by atomic mass is 35.5. The van der Waals surface area contributed by atoms with Crippen LogP contribution in [0.25, 0.3) is 11.1 Å². The molecular weight excluding hydrogens is 354 g/mol. The molecule has 1 heterocycles. The summed E-state index contributed by atoms with van der Waals surface area (Å²) < 4.78 is 28.1. The summed E-state index contributed by atoms with van der Waals surface area (Å²) in [5.41, 5.74) is 3.47. The van der Waals surface area contributed by atoms with Crippen LogP contribution in [0.4, 0.5) is 14.5 Å². The Bertz CT molecular complexity index is 758. The van der Waals surface area contributed by atoms with Crippen molar-refractivity contribution in [2.75, 3.05) is 38.1 Å². The predicted octanol–water partition coefficient (Wildman–Crippen LogP) is 5.65. The van der Waals surface area contributed by atoms with Crippen molar-refractivity contribution in [2.24, 2.45) is 0 Å². The molecule has 1 fully saturated rings. The summed E-state index contributed by atoms with van der Waals surface area (Å²) in [5.74, 6) is 0. The Balaban J connectivity index is 2.12. The lowest BCUT2D eigenvalue weighted by molar-refractivity contribution is 0.312. The van der Waals surface area contributed by atoms with Crippen LogP contribution in [0.15, 0.2) is 36.4 Å². The van der Waals surface area contributed by atoms with Crippen molar-refractivity contribution in [1.29, 1.82) is 0 Å². The van der Waals surface area contributed by atoms with E-state index in [2.05, 4.69) is 16.8 Å². The van der Waals surface area contributed by atoms with Crippen LogP contribution in [0, 0.1) is 0 Å². The maximum Gasteiger partial charge on any atom is 0.126 e. The van der Waals surface area contributed by atoms with Crippen LogP contribution in [-0.4, -0.2) is 38.1 Å². The van der Waals surface area contributed by atoms with Crippen molar-refractivity contribution in [3.63, 3.8) is 0 Å². The first-order chi connectivity index (χ1) is 12.5. The Morgan fingerprint density at radius 3 is 2.42 bits per heavy atom. The quantitative estimate of drug-likeness (QED) is 0.663. The predicted molar refractivity (Wildman–Crippen MR) is 106 cm³/mol. The molecule has 0 saturated carbocycles. The van der Waals surface area contributed by atoms with Crippen LogP contribution in [0.3, 0.4) is 0 Å². The molecule has 0 spiro atoms. The normalized spacial score (nSPS) is 16.7. The lowest BCUT2D eigenvalue weighted by Gasteiger charge is -2.35. The van der Waals surface area contributed by atoms with Gasteiger partial charge in [0.1, 0.15) is 12.8 Å². The Labute approximate surface area is 159 Å². The van der Waals surface area contributed by atoms with Gasteiger partial charge >= 0.3 is 0 Å². The number of piperazine rings is 1. The highest BCUT2D eigenvalue weighted by Gasteiger charge is 2.22. The van der Waals surface area contributed by atoms with Crippen molar-refractivity contribution in [1.82, 2.24) is 4.90 Å². The zero-order valence-corrected chi connectivity index (χ0v) is 16.1. The lowest BCUT2D eigenvalue weighted by atomic mass is 9.95. The molecule has 26 heavy (non-hydrogen) atoms. The highest BCUT2D eigenvalue weighted by molar-refractivity contribution is 6.34. The maximum absolute atomic E-state index is 14.6. The minimum absolute atomic E-state index is 0.357. The number of rotatable bonds is 5. The van der Waals surface area contributed by atoms with E-state index < -0.39 is 12.8 Å². The summed E-state index contributed by atoms with van der Waals surface area (Å²) in [6, 6.07) is 11.1. The van der Waals surface area contributed by atoms with E-state index in [9.17, 15) is 8.78 Å². The third kappa shape index (κ3) is 3.86. The molecule has 1 aliphatic heterocycles. The van der Waals surface area contributed by atoms with Gasteiger partial charge in [-0.25, -0.2) is 8.78 Å². The molecular formula is C21H25ClF2N2. The third-order valence-corrected chi connectivity index (χ3v) is 5.52. The van der Waals surface area contributed by atoms with Gasteiger partial charge in [0.2, 0.25) is 0 Å². The van der Waals surface area contributed by atoms with Gasteiger partial charge in [0.25, 0.3) is 0 Å². The molecule has 0 aliphatic carbocycles. The van der Waals surface area contributed by atoms with Gasteiger partial charge in [-0.15, -0.1) is 0 Å². The highest BCUT2D eigenvalue weighted by Crippen LogP contribution is 2.41. The molecule has 0 radical (unpaired) electrons. The molecule has 0 aromatic heterocycles. The molecule has 0 bridgehead atoms. The summed E-state index contributed by atoms with van der Waals surface area (Å²) in [6.45, 7) is 4.91. The second-order valence-electron chi connectivity index (χ2n) is 6.85. The first-order valence-electron chi connectivity index (χ1n) is 9.10. The van der Waals surface area contributed by atoms with Crippen LogP contribution >= 0.6 is 11.6 Å². The standard InChI is InChI=1S/C21H25ClF2N2/c1-3-20(24)19-13-16(26-10-8-25(2)9-11-26)12-18(21(19)22)17-7-5-4-6-15(17)14-23/h4-7,12-13,20H,3,8-11,14H2,1-2H3/t20-/m1/s1. The van der Waals surface area contributed by atoms with Crippen molar-refractivity contribution >= 4 is 17.3 Å². The largest absolute Gasteiger partial charge is 0.369 e. The van der Waals surface area contributed by atoms with Crippen LogP contribution in [0.1, 0.15) is 30.6 Å². The average Bonchev–Trinajstić information content (AvgIpc) is 2.68. The number of hydrogen-bond donors (Lipinski definition) is 0. The molecule has 1 atom stereocenters. The summed E-state index contributed by atoms with van der Waals surface area (Å²) in [6.07, 6.45) is -0.776. The Hall–Kier alpha value is -1.65. The van der Waals surface area contributed by atoms with E-state index in [0.717, 1.165) is 37.4 Å². The molecule has 2 aromatic carbocycles. The number of alkyl halides is 2. The van der Waals surface area contributed by atoms with Crippen LogP contribution < -0.4 is 4.90 Å².